The standard InChI is InChI=1S/C23H24FN3O3/c1-29-18-7-4-16(5-8-18)21-15-25-23(30-21)11-10-22(28)26-17-6-9-20(19(24)14-17)27-12-2-3-13-27/h4-9,14-15H,2-3,10-13H2,1H3,(H,26,28). The minimum atomic E-state index is -0.313. The van der Waals surface area contributed by atoms with Crippen LogP contribution in [-0.2, 0) is 11.2 Å². The number of hydrogen-bond donors (Lipinski definition) is 1. The quantitative estimate of drug-likeness (QED) is 0.615. The zero-order valence-electron chi connectivity index (χ0n) is 16.9. The van der Waals surface area contributed by atoms with Crippen LogP contribution in [0, 0.1) is 5.82 Å². The van der Waals surface area contributed by atoms with Gasteiger partial charge in [0.05, 0.1) is 19.0 Å². The van der Waals surface area contributed by atoms with Crippen LogP contribution >= 0.6 is 0 Å². The lowest BCUT2D eigenvalue weighted by Gasteiger charge is -2.18. The summed E-state index contributed by atoms with van der Waals surface area (Å²) >= 11 is 0. The SMILES string of the molecule is COc1ccc(-c2cnc(CCC(=O)Nc3ccc(N4CCCC4)c(F)c3)o2)cc1. The molecule has 4 rings (SSSR count). The number of carbonyl (C=O) groups excluding carboxylic acids is 1. The third-order valence-electron chi connectivity index (χ3n) is 5.17. The predicted molar refractivity (Wildman–Crippen MR) is 113 cm³/mol. The highest BCUT2D eigenvalue weighted by Crippen LogP contribution is 2.26. The van der Waals surface area contributed by atoms with Crippen LogP contribution in [0.5, 0.6) is 5.75 Å². The minimum absolute atomic E-state index is 0.193. The van der Waals surface area contributed by atoms with E-state index in [1.54, 1.807) is 25.4 Å². The molecule has 1 saturated heterocycles. The van der Waals surface area contributed by atoms with Gasteiger partial charge in [0, 0.05) is 37.2 Å². The lowest BCUT2D eigenvalue weighted by molar-refractivity contribution is -0.116. The van der Waals surface area contributed by atoms with E-state index in [1.165, 1.54) is 6.07 Å². The topological polar surface area (TPSA) is 67.6 Å². The molecule has 0 atom stereocenters. The third-order valence-corrected chi connectivity index (χ3v) is 5.17. The van der Waals surface area contributed by atoms with Crippen molar-refractivity contribution in [3.8, 4) is 17.1 Å². The summed E-state index contributed by atoms with van der Waals surface area (Å²) in [5.41, 5.74) is 1.93. The van der Waals surface area contributed by atoms with Crippen molar-refractivity contribution in [2.75, 3.05) is 30.4 Å². The van der Waals surface area contributed by atoms with Crippen LogP contribution in [0.3, 0.4) is 0 Å². The molecule has 3 aromatic rings. The second kappa shape index (κ2) is 8.98. The van der Waals surface area contributed by atoms with E-state index >= 15 is 0 Å². The monoisotopic (exact) mass is 409 g/mol. The molecular formula is C23H24FN3O3. The van der Waals surface area contributed by atoms with Crippen molar-refractivity contribution in [2.24, 2.45) is 0 Å². The van der Waals surface area contributed by atoms with Crippen molar-refractivity contribution in [2.45, 2.75) is 25.7 Å². The molecule has 156 valence electrons. The Morgan fingerprint density at radius 3 is 2.67 bits per heavy atom. The minimum Gasteiger partial charge on any atom is -0.497 e. The molecule has 2 aromatic carbocycles. The second-order valence-corrected chi connectivity index (χ2v) is 7.26. The largest absolute Gasteiger partial charge is 0.497 e. The number of nitrogens with one attached hydrogen (secondary N) is 1. The van der Waals surface area contributed by atoms with Gasteiger partial charge in [-0.3, -0.25) is 4.79 Å². The first-order chi connectivity index (χ1) is 14.6. The zero-order chi connectivity index (χ0) is 20.9. The first kappa shape index (κ1) is 19.9. The Morgan fingerprint density at radius 1 is 1.20 bits per heavy atom. The molecule has 1 aromatic heterocycles. The highest BCUT2D eigenvalue weighted by Gasteiger charge is 2.17. The van der Waals surface area contributed by atoms with E-state index < -0.39 is 0 Å². The Hall–Kier alpha value is -3.35. The average Bonchev–Trinajstić information content (AvgIpc) is 3.45. The van der Waals surface area contributed by atoms with Crippen LogP contribution in [0.25, 0.3) is 11.3 Å². The third kappa shape index (κ3) is 4.62. The van der Waals surface area contributed by atoms with Gasteiger partial charge in [0.25, 0.3) is 0 Å². The first-order valence-corrected chi connectivity index (χ1v) is 10.1. The van der Waals surface area contributed by atoms with E-state index in [0.717, 1.165) is 37.2 Å². The molecule has 30 heavy (non-hydrogen) atoms. The molecule has 2 heterocycles. The second-order valence-electron chi connectivity index (χ2n) is 7.26. The number of benzene rings is 2. The van der Waals surface area contributed by atoms with Gasteiger partial charge in [-0.15, -0.1) is 0 Å². The molecule has 0 saturated carbocycles. The number of hydrogen-bond acceptors (Lipinski definition) is 5. The van der Waals surface area contributed by atoms with Crippen LogP contribution in [-0.4, -0.2) is 31.1 Å². The molecule has 1 aliphatic heterocycles. The predicted octanol–water partition coefficient (Wildman–Crippen LogP) is 4.66. The van der Waals surface area contributed by atoms with Crippen LogP contribution < -0.4 is 15.0 Å². The number of methoxy groups -OCH3 is 1. The van der Waals surface area contributed by atoms with Gasteiger partial charge in [0.2, 0.25) is 5.91 Å². The van der Waals surface area contributed by atoms with Crippen molar-refractivity contribution >= 4 is 17.3 Å². The Balaban J connectivity index is 1.31. The van der Waals surface area contributed by atoms with E-state index in [2.05, 4.69) is 10.3 Å². The number of nitrogens with zero attached hydrogens (tertiary/aromatic N) is 2. The van der Waals surface area contributed by atoms with E-state index in [1.807, 2.05) is 29.2 Å². The number of anilines is 2. The molecule has 6 nitrogen and oxygen atoms in total. The molecule has 7 heteroatoms. The molecule has 0 aliphatic carbocycles. The summed E-state index contributed by atoms with van der Waals surface area (Å²) in [6, 6.07) is 12.3. The van der Waals surface area contributed by atoms with E-state index in [0.29, 0.717) is 29.4 Å². The lowest BCUT2D eigenvalue weighted by Crippen LogP contribution is -2.19. The van der Waals surface area contributed by atoms with Gasteiger partial charge in [-0.25, -0.2) is 9.37 Å². The van der Waals surface area contributed by atoms with Gasteiger partial charge in [-0.2, -0.15) is 0 Å². The smallest absolute Gasteiger partial charge is 0.224 e. The summed E-state index contributed by atoms with van der Waals surface area (Å²) in [5.74, 6) is 1.35. The Kier molecular flexibility index (Phi) is 5.97. The molecular weight excluding hydrogens is 385 g/mol. The number of ether oxygens (including phenoxy) is 1. The number of amides is 1. The number of aryl methyl sites for hydroxylation is 1. The van der Waals surface area contributed by atoms with Crippen molar-refractivity contribution in [3.05, 3.63) is 60.4 Å². The number of oxazole rings is 1. The van der Waals surface area contributed by atoms with Gasteiger partial charge < -0.3 is 19.4 Å². The van der Waals surface area contributed by atoms with E-state index in [4.69, 9.17) is 9.15 Å². The van der Waals surface area contributed by atoms with Crippen molar-refractivity contribution in [3.63, 3.8) is 0 Å². The highest BCUT2D eigenvalue weighted by molar-refractivity contribution is 5.91. The molecule has 0 unspecified atom stereocenters. The number of carbonyl (C=O) groups is 1. The van der Waals surface area contributed by atoms with E-state index in [-0.39, 0.29) is 18.1 Å². The average molecular weight is 409 g/mol. The Morgan fingerprint density at radius 2 is 1.97 bits per heavy atom. The Bertz CT molecular complexity index is 1010. The van der Waals surface area contributed by atoms with Crippen molar-refractivity contribution < 1.29 is 18.3 Å². The van der Waals surface area contributed by atoms with Crippen molar-refractivity contribution in [1.82, 2.24) is 4.98 Å². The van der Waals surface area contributed by atoms with Gasteiger partial charge >= 0.3 is 0 Å². The first-order valence-electron chi connectivity index (χ1n) is 10.1. The normalized spacial score (nSPS) is 13.5. The zero-order valence-corrected chi connectivity index (χ0v) is 16.9. The lowest BCUT2D eigenvalue weighted by atomic mass is 10.2. The molecule has 1 N–H and O–H groups in total. The molecule has 1 fully saturated rings. The van der Waals surface area contributed by atoms with Gasteiger partial charge in [0.1, 0.15) is 11.6 Å². The maximum absolute atomic E-state index is 14.4. The number of aromatic nitrogens is 1. The fourth-order valence-corrected chi connectivity index (χ4v) is 3.56. The van der Waals surface area contributed by atoms with Crippen molar-refractivity contribution in [1.29, 1.82) is 0 Å². The van der Waals surface area contributed by atoms with Gasteiger partial charge in [0.15, 0.2) is 11.7 Å². The summed E-state index contributed by atoms with van der Waals surface area (Å²) in [6.45, 7) is 1.74. The van der Waals surface area contributed by atoms with Crippen LogP contribution in [0.4, 0.5) is 15.8 Å². The van der Waals surface area contributed by atoms with Crippen LogP contribution in [0.1, 0.15) is 25.2 Å². The fraction of sp³-hybridized carbons (Fsp3) is 0.304. The van der Waals surface area contributed by atoms with Gasteiger partial charge in [-0.1, -0.05) is 0 Å². The Labute approximate surface area is 174 Å². The molecule has 0 radical (unpaired) electrons. The maximum atomic E-state index is 14.4. The maximum Gasteiger partial charge on any atom is 0.224 e. The van der Waals surface area contributed by atoms with Gasteiger partial charge in [-0.05, 0) is 55.3 Å². The highest BCUT2D eigenvalue weighted by atomic mass is 19.1. The number of rotatable bonds is 7. The summed E-state index contributed by atoms with van der Waals surface area (Å²) in [4.78, 5) is 18.5. The molecule has 0 spiro atoms. The summed E-state index contributed by atoms with van der Waals surface area (Å²) in [5, 5.41) is 2.74. The molecule has 0 bridgehead atoms. The summed E-state index contributed by atoms with van der Waals surface area (Å²) in [7, 11) is 1.61. The van der Waals surface area contributed by atoms with Crippen LogP contribution in [0.2, 0.25) is 0 Å². The summed E-state index contributed by atoms with van der Waals surface area (Å²) in [6.07, 6.45) is 4.35. The molecule has 1 amide bonds. The fourth-order valence-electron chi connectivity index (χ4n) is 3.56. The van der Waals surface area contributed by atoms with E-state index in [9.17, 15) is 9.18 Å². The number of halogens is 1. The van der Waals surface area contributed by atoms with Crippen LogP contribution in [0.15, 0.2) is 53.1 Å². The molecule has 1 aliphatic rings. The summed E-state index contributed by atoms with van der Waals surface area (Å²) < 4.78 is 25.3.